The molecule has 0 N–H and O–H groups in total. The first-order valence-corrected chi connectivity index (χ1v) is 9.57. The van der Waals surface area contributed by atoms with Gasteiger partial charge in [0.05, 0.1) is 10.6 Å². The summed E-state index contributed by atoms with van der Waals surface area (Å²) in [6.45, 7) is 4.91. The molecule has 0 radical (unpaired) electrons. The predicted molar refractivity (Wildman–Crippen MR) is 96.0 cm³/mol. The van der Waals surface area contributed by atoms with Crippen molar-refractivity contribution in [1.82, 2.24) is 14.8 Å². The number of likely N-dealkylation sites (tertiary alicyclic amines) is 2. The van der Waals surface area contributed by atoms with Gasteiger partial charge in [0.25, 0.3) is 5.91 Å². The maximum Gasteiger partial charge on any atom is 0.263 e. The summed E-state index contributed by atoms with van der Waals surface area (Å²) in [6.07, 6.45) is 5.41. The number of piperidine rings is 1. The highest BCUT2D eigenvalue weighted by Gasteiger charge is 2.42. The molecule has 24 heavy (non-hydrogen) atoms. The van der Waals surface area contributed by atoms with Crippen molar-refractivity contribution < 1.29 is 4.79 Å². The second kappa shape index (κ2) is 6.65. The van der Waals surface area contributed by atoms with Crippen molar-refractivity contribution in [2.45, 2.75) is 25.8 Å². The largest absolute Gasteiger partial charge is 0.337 e. The van der Waals surface area contributed by atoms with Crippen molar-refractivity contribution in [3.05, 3.63) is 52.5 Å². The zero-order valence-corrected chi connectivity index (χ0v) is 14.7. The fourth-order valence-electron chi connectivity index (χ4n) is 4.15. The first kappa shape index (κ1) is 15.8. The molecular formula is C19H23N3OS. The molecule has 0 bridgehead atoms. The van der Waals surface area contributed by atoms with Crippen LogP contribution in [-0.2, 0) is 6.54 Å². The van der Waals surface area contributed by atoms with E-state index >= 15 is 0 Å². The van der Waals surface area contributed by atoms with E-state index in [9.17, 15) is 4.79 Å². The van der Waals surface area contributed by atoms with E-state index in [-0.39, 0.29) is 11.3 Å². The average molecular weight is 341 g/mol. The Morgan fingerprint density at radius 2 is 2.12 bits per heavy atom. The molecule has 2 aliphatic rings. The maximum absolute atomic E-state index is 12.7. The van der Waals surface area contributed by atoms with Gasteiger partial charge in [-0.15, -0.1) is 11.3 Å². The van der Waals surface area contributed by atoms with Gasteiger partial charge < -0.3 is 4.90 Å². The Labute approximate surface area is 147 Å². The standard InChI is InChI=1S/C19H23N3OS/c23-18(17-6-3-12-24-17)22-10-4-7-19(15-22)8-11-21(14-19)13-16-5-1-2-9-20-16/h1-3,5-6,9,12H,4,7-8,10-11,13-15H2/t19-/m1/s1. The number of nitrogens with zero attached hydrogens (tertiary/aromatic N) is 3. The van der Waals surface area contributed by atoms with Gasteiger partial charge in [-0.05, 0) is 49.4 Å². The van der Waals surface area contributed by atoms with Crippen LogP contribution in [0, 0.1) is 5.41 Å². The fourth-order valence-corrected chi connectivity index (χ4v) is 4.84. The Hall–Kier alpha value is -1.72. The lowest BCUT2D eigenvalue weighted by Crippen LogP contribution is -2.47. The topological polar surface area (TPSA) is 36.4 Å². The quantitative estimate of drug-likeness (QED) is 0.860. The second-order valence-corrected chi connectivity index (χ2v) is 8.04. The van der Waals surface area contributed by atoms with Gasteiger partial charge in [-0.2, -0.15) is 0 Å². The van der Waals surface area contributed by atoms with Gasteiger partial charge in [-0.25, -0.2) is 0 Å². The molecule has 2 aliphatic heterocycles. The molecule has 2 aromatic heterocycles. The van der Waals surface area contributed by atoms with Crippen LogP contribution in [0.4, 0.5) is 0 Å². The number of hydrogen-bond donors (Lipinski definition) is 0. The van der Waals surface area contributed by atoms with Gasteiger partial charge in [-0.1, -0.05) is 12.1 Å². The van der Waals surface area contributed by atoms with Gasteiger partial charge in [0.1, 0.15) is 0 Å². The van der Waals surface area contributed by atoms with E-state index in [1.165, 1.54) is 12.8 Å². The van der Waals surface area contributed by atoms with E-state index in [2.05, 4.69) is 26.9 Å². The molecule has 2 fully saturated rings. The monoisotopic (exact) mass is 341 g/mol. The van der Waals surface area contributed by atoms with Crippen molar-refractivity contribution in [3.8, 4) is 0 Å². The SMILES string of the molecule is O=C(c1cccs1)N1CCC[C@]2(CCN(Cc3ccccn3)C2)C1. The number of hydrogen-bond acceptors (Lipinski definition) is 4. The summed E-state index contributed by atoms with van der Waals surface area (Å²) in [6, 6.07) is 10.0. The number of carbonyl (C=O) groups is 1. The van der Waals surface area contributed by atoms with Crippen LogP contribution in [-0.4, -0.2) is 46.9 Å². The summed E-state index contributed by atoms with van der Waals surface area (Å²) in [5.74, 6) is 0.215. The Kier molecular flexibility index (Phi) is 4.37. The van der Waals surface area contributed by atoms with Gasteiger partial charge in [0.2, 0.25) is 0 Å². The van der Waals surface area contributed by atoms with Crippen LogP contribution in [0.2, 0.25) is 0 Å². The first-order valence-electron chi connectivity index (χ1n) is 8.69. The van der Waals surface area contributed by atoms with Crippen molar-refractivity contribution in [2.75, 3.05) is 26.2 Å². The van der Waals surface area contributed by atoms with Crippen LogP contribution in [0.1, 0.15) is 34.6 Å². The highest BCUT2D eigenvalue weighted by molar-refractivity contribution is 7.12. The molecule has 1 atom stereocenters. The van der Waals surface area contributed by atoms with E-state index in [1.807, 2.05) is 29.8 Å². The molecule has 0 aromatic carbocycles. The first-order chi connectivity index (χ1) is 11.7. The molecule has 1 amide bonds. The lowest BCUT2D eigenvalue weighted by molar-refractivity contribution is 0.0531. The van der Waals surface area contributed by atoms with E-state index in [0.29, 0.717) is 0 Å². The number of amides is 1. The van der Waals surface area contributed by atoms with Gasteiger partial charge >= 0.3 is 0 Å². The van der Waals surface area contributed by atoms with Crippen LogP contribution < -0.4 is 0 Å². The summed E-state index contributed by atoms with van der Waals surface area (Å²) in [4.78, 5) is 22.6. The lowest BCUT2D eigenvalue weighted by Gasteiger charge is -2.40. The highest BCUT2D eigenvalue weighted by atomic mass is 32.1. The molecule has 0 saturated carbocycles. The molecule has 2 aromatic rings. The maximum atomic E-state index is 12.7. The Bertz CT molecular complexity index is 688. The van der Waals surface area contributed by atoms with Gasteiger partial charge in [0, 0.05) is 37.8 Å². The van der Waals surface area contributed by atoms with E-state index in [0.717, 1.165) is 49.7 Å². The van der Waals surface area contributed by atoms with Crippen LogP contribution in [0.25, 0.3) is 0 Å². The van der Waals surface area contributed by atoms with Crippen molar-refractivity contribution in [3.63, 3.8) is 0 Å². The van der Waals surface area contributed by atoms with Crippen molar-refractivity contribution >= 4 is 17.2 Å². The van der Waals surface area contributed by atoms with Crippen LogP contribution in [0.5, 0.6) is 0 Å². The van der Waals surface area contributed by atoms with E-state index in [1.54, 1.807) is 11.3 Å². The molecule has 0 unspecified atom stereocenters. The molecule has 4 nitrogen and oxygen atoms in total. The van der Waals surface area contributed by atoms with Gasteiger partial charge in [-0.3, -0.25) is 14.7 Å². The summed E-state index contributed by atoms with van der Waals surface area (Å²) in [7, 11) is 0. The number of carbonyl (C=O) groups excluding carboxylic acids is 1. The van der Waals surface area contributed by atoms with E-state index in [4.69, 9.17) is 0 Å². The molecule has 126 valence electrons. The number of rotatable bonds is 3. The smallest absolute Gasteiger partial charge is 0.263 e. The molecule has 1 spiro atoms. The normalized spacial score (nSPS) is 24.6. The van der Waals surface area contributed by atoms with Crippen LogP contribution in [0.3, 0.4) is 0 Å². The minimum atomic E-state index is 0.215. The summed E-state index contributed by atoms with van der Waals surface area (Å²) in [5.41, 5.74) is 1.41. The van der Waals surface area contributed by atoms with Gasteiger partial charge in [0.15, 0.2) is 0 Å². The Morgan fingerprint density at radius 1 is 1.17 bits per heavy atom. The number of pyridine rings is 1. The zero-order valence-electron chi connectivity index (χ0n) is 13.9. The third-order valence-corrected chi connectivity index (χ3v) is 6.17. The third-order valence-electron chi connectivity index (χ3n) is 5.31. The summed E-state index contributed by atoms with van der Waals surface area (Å²) in [5, 5.41) is 1.98. The van der Waals surface area contributed by atoms with Crippen LogP contribution >= 0.6 is 11.3 Å². The summed E-state index contributed by atoms with van der Waals surface area (Å²) >= 11 is 1.55. The number of aromatic nitrogens is 1. The van der Waals surface area contributed by atoms with Crippen molar-refractivity contribution in [1.29, 1.82) is 0 Å². The van der Waals surface area contributed by atoms with Crippen LogP contribution in [0.15, 0.2) is 41.9 Å². The van der Waals surface area contributed by atoms with Crippen molar-refractivity contribution in [2.24, 2.45) is 5.41 Å². The minimum absolute atomic E-state index is 0.215. The summed E-state index contributed by atoms with van der Waals surface area (Å²) < 4.78 is 0. The molecule has 5 heteroatoms. The zero-order chi connectivity index (χ0) is 16.4. The lowest BCUT2D eigenvalue weighted by atomic mass is 9.79. The molecule has 4 heterocycles. The Balaban J connectivity index is 1.41. The van der Waals surface area contributed by atoms with E-state index < -0.39 is 0 Å². The molecule has 4 rings (SSSR count). The highest BCUT2D eigenvalue weighted by Crippen LogP contribution is 2.39. The Morgan fingerprint density at radius 3 is 2.92 bits per heavy atom. The average Bonchev–Trinajstić information content (AvgIpc) is 3.26. The number of thiophene rings is 1. The second-order valence-electron chi connectivity index (χ2n) is 7.09. The predicted octanol–water partition coefficient (Wildman–Crippen LogP) is 3.27. The third kappa shape index (κ3) is 3.23. The minimum Gasteiger partial charge on any atom is -0.337 e. The molecular weight excluding hydrogens is 318 g/mol. The molecule has 0 aliphatic carbocycles. The molecule has 2 saturated heterocycles. The fraction of sp³-hybridized carbons (Fsp3) is 0.474.